The van der Waals surface area contributed by atoms with E-state index in [2.05, 4.69) is 4.99 Å². The largest absolute Gasteiger partial charge is 0.493 e. The lowest BCUT2D eigenvalue weighted by molar-refractivity contribution is -0.140. The van der Waals surface area contributed by atoms with Crippen molar-refractivity contribution >= 4 is 34.7 Å². The average Bonchev–Trinajstić information content (AvgIpc) is 3.43. The number of carbonyl (C=O) groups excluding carboxylic acids is 1. The summed E-state index contributed by atoms with van der Waals surface area (Å²) in [6.45, 7) is 4.64. The van der Waals surface area contributed by atoms with Gasteiger partial charge in [-0.05, 0) is 37.4 Å². The first-order valence-electron chi connectivity index (χ1n) is 10.5. The van der Waals surface area contributed by atoms with Gasteiger partial charge in [0.15, 0.2) is 4.80 Å². The third-order valence-electron chi connectivity index (χ3n) is 5.08. The molecule has 0 saturated carbocycles. The molecule has 0 amide bonds. The van der Waals surface area contributed by atoms with Gasteiger partial charge in [0, 0.05) is 17.6 Å². The van der Waals surface area contributed by atoms with E-state index < -0.39 is 12.0 Å². The molecule has 3 heterocycles. The van der Waals surface area contributed by atoms with E-state index in [-0.39, 0.29) is 12.2 Å². The Morgan fingerprint density at radius 2 is 2.03 bits per heavy atom. The van der Waals surface area contributed by atoms with Gasteiger partial charge < -0.3 is 14.2 Å². The Labute approximate surface area is 198 Å². The van der Waals surface area contributed by atoms with Crippen LogP contribution in [-0.2, 0) is 14.3 Å². The number of ether oxygens (including phenoxy) is 3. The molecule has 0 radical (unpaired) electrons. The zero-order chi connectivity index (χ0) is 23.4. The molecule has 3 aromatic rings. The quantitative estimate of drug-likeness (QED) is 0.363. The number of hydrogen-bond donors (Lipinski definition) is 0. The summed E-state index contributed by atoms with van der Waals surface area (Å²) in [4.78, 5) is 32.6. The first-order valence-corrected chi connectivity index (χ1v) is 12.2. The number of allylic oxidation sites excluding steroid dienone is 1. The van der Waals surface area contributed by atoms with E-state index in [1.807, 2.05) is 54.8 Å². The van der Waals surface area contributed by atoms with E-state index in [0.29, 0.717) is 39.6 Å². The van der Waals surface area contributed by atoms with Gasteiger partial charge in [-0.25, -0.2) is 9.79 Å². The van der Waals surface area contributed by atoms with Crippen molar-refractivity contribution in [3.05, 3.63) is 83.2 Å². The standard InChI is InChI=1S/C24H24N2O5S2/c1-4-30-17-9-6-5-8-16(17)14-19-22(27)26-21(18-10-7-13-32-18)20(15(2)25-24(26)33-19)23(28)31-12-11-29-3/h5-10,13-14,21H,4,11-12H2,1-3H3/b19-14-. The number of benzene rings is 1. The predicted octanol–water partition coefficient (Wildman–Crippen LogP) is 2.89. The second-order valence-corrected chi connectivity index (χ2v) is 9.19. The lowest BCUT2D eigenvalue weighted by atomic mass is 10.0. The number of fused-ring (bicyclic) bond motifs is 1. The lowest BCUT2D eigenvalue weighted by Gasteiger charge is -2.23. The van der Waals surface area contributed by atoms with Crippen LogP contribution in [0.4, 0.5) is 0 Å². The number of nitrogens with zero attached hydrogens (tertiary/aromatic N) is 2. The molecule has 0 aliphatic carbocycles. The first kappa shape index (κ1) is 23.2. The Balaban J connectivity index is 1.85. The maximum absolute atomic E-state index is 13.6. The van der Waals surface area contributed by atoms with Crippen molar-refractivity contribution in [3.8, 4) is 5.75 Å². The molecule has 7 nitrogen and oxygen atoms in total. The van der Waals surface area contributed by atoms with E-state index in [1.54, 1.807) is 18.6 Å². The van der Waals surface area contributed by atoms with Crippen molar-refractivity contribution in [1.29, 1.82) is 0 Å². The van der Waals surface area contributed by atoms with Crippen LogP contribution in [0.15, 0.2) is 62.8 Å². The molecule has 0 saturated heterocycles. The number of methoxy groups -OCH3 is 1. The summed E-state index contributed by atoms with van der Waals surface area (Å²) in [7, 11) is 1.54. The Morgan fingerprint density at radius 3 is 2.76 bits per heavy atom. The molecule has 9 heteroatoms. The first-order chi connectivity index (χ1) is 16.0. The van der Waals surface area contributed by atoms with Crippen molar-refractivity contribution in [1.82, 2.24) is 4.57 Å². The molecule has 0 N–H and O–H groups in total. The van der Waals surface area contributed by atoms with Crippen LogP contribution < -0.4 is 19.6 Å². The van der Waals surface area contributed by atoms with Crippen molar-refractivity contribution in [2.45, 2.75) is 19.9 Å². The van der Waals surface area contributed by atoms with E-state index in [0.717, 1.165) is 10.4 Å². The molecule has 1 aliphatic rings. The predicted molar refractivity (Wildman–Crippen MR) is 129 cm³/mol. The van der Waals surface area contributed by atoms with Crippen LogP contribution in [0.25, 0.3) is 6.08 Å². The number of rotatable bonds is 8. The normalized spacial score (nSPS) is 15.8. The van der Waals surface area contributed by atoms with Gasteiger partial charge in [-0.3, -0.25) is 9.36 Å². The highest BCUT2D eigenvalue weighted by Crippen LogP contribution is 2.33. The van der Waals surface area contributed by atoms with Crippen LogP contribution in [0.1, 0.15) is 30.3 Å². The summed E-state index contributed by atoms with van der Waals surface area (Å²) in [6.07, 6.45) is 1.82. The number of hydrogen-bond acceptors (Lipinski definition) is 8. The van der Waals surface area contributed by atoms with Crippen LogP contribution in [0.2, 0.25) is 0 Å². The molecular formula is C24H24N2O5S2. The highest BCUT2D eigenvalue weighted by Gasteiger charge is 2.34. The third kappa shape index (κ3) is 4.71. The summed E-state index contributed by atoms with van der Waals surface area (Å²) in [6, 6.07) is 10.8. The molecule has 1 unspecified atom stereocenters. The monoisotopic (exact) mass is 484 g/mol. The van der Waals surface area contributed by atoms with Crippen LogP contribution >= 0.6 is 22.7 Å². The Bertz CT molecular complexity index is 1350. The smallest absolute Gasteiger partial charge is 0.338 e. The lowest BCUT2D eigenvalue weighted by Crippen LogP contribution is -2.39. The molecule has 1 aliphatic heterocycles. The zero-order valence-electron chi connectivity index (χ0n) is 18.6. The van der Waals surface area contributed by atoms with E-state index >= 15 is 0 Å². The molecule has 0 spiro atoms. The summed E-state index contributed by atoms with van der Waals surface area (Å²) in [5.74, 6) is 0.210. The number of para-hydroxylation sites is 1. The van der Waals surface area contributed by atoms with Crippen molar-refractivity contribution < 1.29 is 19.0 Å². The molecule has 2 aromatic heterocycles. The summed E-state index contributed by atoms with van der Waals surface area (Å²) >= 11 is 2.78. The minimum absolute atomic E-state index is 0.127. The van der Waals surface area contributed by atoms with Crippen molar-refractivity contribution in [3.63, 3.8) is 0 Å². The Morgan fingerprint density at radius 1 is 1.21 bits per heavy atom. The van der Waals surface area contributed by atoms with E-state index in [9.17, 15) is 9.59 Å². The van der Waals surface area contributed by atoms with E-state index in [4.69, 9.17) is 14.2 Å². The van der Waals surface area contributed by atoms with Crippen LogP contribution in [0.5, 0.6) is 5.75 Å². The van der Waals surface area contributed by atoms with Gasteiger partial charge in [0.25, 0.3) is 5.56 Å². The number of thiazole rings is 1. The van der Waals surface area contributed by atoms with Crippen molar-refractivity contribution in [2.75, 3.05) is 26.9 Å². The molecule has 4 rings (SSSR count). The minimum Gasteiger partial charge on any atom is -0.493 e. The molecule has 172 valence electrons. The molecule has 0 fully saturated rings. The SMILES string of the molecule is CCOc1ccccc1/C=c1\sc2n(c1=O)C(c1cccs1)C(C(=O)OCCOC)=C(C)N=2. The topological polar surface area (TPSA) is 79.1 Å². The molecule has 33 heavy (non-hydrogen) atoms. The minimum atomic E-state index is -0.597. The average molecular weight is 485 g/mol. The van der Waals surface area contributed by atoms with Crippen LogP contribution in [0, 0.1) is 0 Å². The third-order valence-corrected chi connectivity index (χ3v) is 6.99. The maximum atomic E-state index is 13.6. The van der Waals surface area contributed by atoms with Crippen LogP contribution in [-0.4, -0.2) is 37.5 Å². The van der Waals surface area contributed by atoms with Crippen molar-refractivity contribution in [2.24, 2.45) is 4.99 Å². The molecular weight excluding hydrogens is 460 g/mol. The number of thiophene rings is 1. The fraction of sp³-hybridized carbons (Fsp3) is 0.292. The highest BCUT2D eigenvalue weighted by atomic mass is 32.1. The van der Waals surface area contributed by atoms with Gasteiger partial charge in [0.2, 0.25) is 0 Å². The Hall–Kier alpha value is -3.01. The molecule has 0 bridgehead atoms. The summed E-state index contributed by atoms with van der Waals surface area (Å²) in [5, 5.41) is 1.92. The second kappa shape index (κ2) is 10.3. The number of aromatic nitrogens is 1. The molecule has 1 aromatic carbocycles. The molecule has 1 atom stereocenters. The van der Waals surface area contributed by atoms with Gasteiger partial charge in [0.05, 0.1) is 29.0 Å². The fourth-order valence-corrected chi connectivity index (χ4v) is 5.48. The van der Waals surface area contributed by atoms with E-state index in [1.165, 1.54) is 22.7 Å². The van der Waals surface area contributed by atoms with Gasteiger partial charge >= 0.3 is 5.97 Å². The van der Waals surface area contributed by atoms with Gasteiger partial charge in [-0.2, -0.15) is 0 Å². The Kier molecular flexibility index (Phi) is 7.22. The maximum Gasteiger partial charge on any atom is 0.338 e. The summed E-state index contributed by atoms with van der Waals surface area (Å²) < 4.78 is 18.2. The zero-order valence-corrected chi connectivity index (χ0v) is 20.2. The van der Waals surface area contributed by atoms with Gasteiger partial charge in [0.1, 0.15) is 18.4 Å². The summed E-state index contributed by atoms with van der Waals surface area (Å²) in [5.41, 5.74) is 1.51. The van der Waals surface area contributed by atoms with Crippen LogP contribution in [0.3, 0.4) is 0 Å². The van der Waals surface area contributed by atoms with Gasteiger partial charge in [-0.15, -0.1) is 11.3 Å². The number of esters is 1. The number of carbonyl (C=O) groups is 1. The fourth-order valence-electron chi connectivity index (χ4n) is 3.62. The second-order valence-electron chi connectivity index (χ2n) is 7.20. The van der Waals surface area contributed by atoms with Gasteiger partial charge in [-0.1, -0.05) is 35.6 Å². The highest BCUT2D eigenvalue weighted by molar-refractivity contribution is 7.10.